The first-order chi connectivity index (χ1) is 15.9. The van der Waals surface area contributed by atoms with Crippen molar-refractivity contribution in [2.75, 3.05) is 18.0 Å². The van der Waals surface area contributed by atoms with Crippen LogP contribution in [0.15, 0.2) is 77.7 Å². The molecular weight excluding hydrogens is 434 g/mol. The summed E-state index contributed by atoms with van der Waals surface area (Å²) >= 11 is 0. The van der Waals surface area contributed by atoms with Gasteiger partial charge < -0.3 is 10.2 Å². The van der Waals surface area contributed by atoms with Crippen molar-refractivity contribution < 1.29 is 13.2 Å². The molecule has 1 aliphatic rings. The molecule has 0 saturated carbocycles. The Morgan fingerprint density at radius 3 is 2.24 bits per heavy atom. The number of hydrogen-bond acceptors (Lipinski definition) is 4. The van der Waals surface area contributed by atoms with Gasteiger partial charge in [-0.15, -0.1) is 0 Å². The van der Waals surface area contributed by atoms with Gasteiger partial charge in [0.25, 0.3) is 5.91 Å². The zero-order chi connectivity index (χ0) is 23.3. The van der Waals surface area contributed by atoms with Crippen LogP contribution in [-0.4, -0.2) is 27.4 Å². The minimum Gasteiger partial charge on any atom is -0.372 e. The second-order valence-corrected chi connectivity index (χ2v) is 10.1. The number of aryl methyl sites for hydroxylation is 1. The Balaban J connectivity index is 1.40. The molecule has 1 aliphatic heterocycles. The number of carbonyl (C=O) groups is 1. The molecule has 1 heterocycles. The summed E-state index contributed by atoms with van der Waals surface area (Å²) in [5, 5.41) is 2.89. The van der Waals surface area contributed by atoms with E-state index in [1.165, 1.54) is 24.6 Å². The molecule has 0 aliphatic carbocycles. The smallest absolute Gasteiger partial charge is 0.251 e. The van der Waals surface area contributed by atoms with Crippen molar-refractivity contribution in [1.82, 2.24) is 10.0 Å². The molecule has 1 saturated heterocycles. The average Bonchev–Trinajstić information content (AvgIpc) is 3.37. The van der Waals surface area contributed by atoms with Crippen molar-refractivity contribution in [2.45, 2.75) is 37.8 Å². The fourth-order valence-electron chi connectivity index (χ4n) is 3.97. The highest BCUT2D eigenvalue weighted by atomic mass is 32.2. The molecule has 3 aromatic carbocycles. The molecule has 6 nitrogen and oxygen atoms in total. The summed E-state index contributed by atoms with van der Waals surface area (Å²) in [6.45, 7) is 4.47. The summed E-state index contributed by atoms with van der Waals surface area (Å²) in [6, 6.07) is 22.3. The molecule has 0 bridgehead atoms. The van der Waals surface area contributed by atoms with Crippen molar-refractivity contribution in [2.24, 2.45) is 0 Å². The summed E-state index contributed by atoms with van der Waals surface area (Å²) in [5.74, 6) is -0.307. The van der Waals surface area contributed by atoms with Gasteiger partial charge in [-0.3, -0.25) is 4.79 Å². The molecule has 172 valence electrons. The van der Waals surface area contributed by atoms with Gasteiger partial charge in [0.2, 0.25) is 10.0 Å². The highest BCUT2D eigenvalue weighted by Crippen LogP contribution is 2.21. The lowest BCUT2D eigenvalue weighted by molar-refractivity contribution is 0.0950. The van der Waals surface area contributed by atoms with Crippen LogP contribution in [0, 0.1) is 6.92 Å². The van der Waals surface area contributed by atoms with Crippen molar-refractivity contribution in [1.29, 1.82) is 0 Å². The lowest BCUT2D eigenvalue weighted by atomic mass is 10.1. The summed E-state index contributed by atoms with van der Waals surface area (Å²) in [6.07, 6.45) is 2.46. The molecule has 2 N–H and O–H groups in total. The van der Waals surface area contributed by atoms with E-state index in [0.29, 0.717) is 17.7 Å². The molecule has 3 aromatic rings. The van der Waals surface area contributed by atoms with Crippen molar-refractivity contribution >= 4 is 21.6 Å². The van der Waals surface area contributed by atoms with Crippen molar-refractivity contribution in [3.8, 4) is 0 Å². The molecule has 0 aromatic heterocycles. The van der Waals surface area contributed by atoms with Gasteiger partial charge in [-0.25, -0.2) is 13.1 Å². The lowest BCUT2D eigenvalue weighted by Crippen LogP contribution is -2.26. The summed E-state index contributed by atoms with van der Waals surface area (Å²) in [4.78, 5) is 15.2. The first-order valence-electron chi connectivity index (χ1n) is 11.2. The number of rotatable bonds is 8. The number of anilines is 1. The van der Waals surface area contributed by atoms with E-state index >= 15 is 0 Å². The maximum absolute atomic E-state index is 12.9. The predicted molar refractivity (Wildman–Crippen MR) is 131 cm³/mol. The summed E-state index contributed by atoms with van der Waals surface area (Å²) < 4.78 is 28.4. The number of nitrogens with one attached hydrogen (secondary N) is 2. The fraction of sp³-hybridized carbons (Fsp3) is 0.269. The zero-order valence-electron chi connectivity index (χ0n) is 18.8. The normalized spacial score (nSPS) is 13.8. The highest BCUT2D eigenvalue weighted by Gasteiger charge is 2.19. The second kappa shape index (κ2) is 10.2. The van der Waals surface area contributed by atoms with Gasteiger partial charge in [-0.1, -0.05) is 48.5 Å². The van der Waals surface area contributed by atoms with E-state index in [-0.39, 0.29) is 17.3 Å². The Bertz CT molecular complexity index is 1200. The molecule has 0 unspecified atom stereocenters. The third-order valence-electron chi connectivity index (χ3n) is 5.91. The Morgan fingerprint density at radius 2 is 1.55 bits per heavy atom. The standard InChI is InChI=1S/C26H29N3O3S/c1-20-9-12-23(17-25(20)33(31,32)28-19-21-7-3-2-4-8-21)26(30)27-18-22-10-13-24(14-11-22)29-15-5-6-16-29/h2-4,7-14,17,28H,5-6,15-16,18-19H2,1H3,(H,27,30). The van der Waals surface area contributed by atoms with Crippen LogP contribution >= 0.6 is 0 Å². The van der Waals surface area contributed by atoms with Crippen LogP contribution in [0.1, 0.15) is 39.9 Å². The van der Waals surface area contributed by atoms with E-state index in [1.807, 2.05) is 42.5 Å². The number of sulfonamides is 1. The third kappa shape index (κ3) is 5.80. The van der Waals surface area contributed by atoms with Gasteiger partial charge in [0.1, 0.15) is 0 Å². The van der Waals surface area contributed by atoms with E-state index in [0.717, 1.165) is 24.2 Å². The maximum atomic E-state index is 12.9. The molecule has 33 heavy (non-hydrogen) atoms. The van der Waals surface area contributed by atoms with E-state index in [4.69, 9.17) is 0 Å². The number of nitrogens with zero attached hydrogens (tertiary/aromatic N) is 1. The fourth-order valence-corrected chi connectivity index (χ4v) is 5.25. The van der Waals surface area contributed by atoms with Gasteiger partial charge in [0.15, 0.2) is 0 Å². The minimum absolute atomic E-state index is 0.112. The molecule has 0 spiro atoms. The largest absolute Gasteiger partial charge is 0.372 e. The predicted octanol–water partition coefficient (Wildman–Crippen LogP) is 4.00. The molecule has 1 fully saturated rings. The molecule has 1 amide bonds. The van der Waals surface area contributed by atoms with E-state index in [1.54, 1.807) is 19.1 Å². The van der Waals surface area contributed by atoms with Crippen molar-refractivity contribution in [3.05, 3.63) is 95.1 Å². The topological polar surface area (TPSA) is 78.5 Å². The van der Waals surface area contributed by atoms with Crippen LogP contribution in [0.25, 0.3) is 0 Å². The summed E-state index contributed by atoms with van der Waals surface area (Å²) in [7, 11) is -3.76. The van der Waals surface area contributed by atoms with E-state index in [2.05, 4.69) is 27.1 Å². The third-order valence-corrected chi connectivity index (χ3v) is 7.45. The molecule has 0 atom stereocenters. The molecular formula is C26H29N3O3S. The van der Waals surface area contributed by atoms with Gasteiger partial charge in [0.05, 0.1) is 4.90 Å². The first kappa shape index (κ1) is 23.0. The van der Waals surface area contributed by atoms with Crippen LogP contribution in [-0.2, 0) is 23.1 Å². The molecule has 0 radical (unpaired) electrons. The number of amides is 1. The van der Waals surface area contributed by atoms with Crippen molar-refractivity contribution in [3.63, 3.8) is 0 Å². The van der Waals surface area contributed by atoms with Crippen LogP contribution in [0.4, 0.5) is 5.69 Å². The van der Waals surface area contributed by atoms with Crippen LogP contribution in [0.2, 0.25) is 0 Å². The van der Waals surface area contributed by atoms with Crippen LogP contribution in [0.5, 0.6) is 0 Å². The van der Waals surface area contributed by atoms with Crippen LogP contribution < -0.4 is 14.9 Å². The Morgan fingerprint density at radius 1 is 0.879 bits per heavy atom. The number of benzene rings is 3. The monoisotopic (exact) mass is 463 g/mol. The van der Waals surface area contributed by atoms with E-state index < -0.39 is 10.0 Å². The lowest BCUT2D eigenvalue weighted by Gasteiger charge is -2.17. The van der Waals surface area contributed by atoms with E-state index in [9.17, 15) is 13.2 Å². The van der Waals surface area contributed by atoms with Gasteiger partial charge >= 0.3 is 0 Å². The zero-order valence-corrected chi connectivity index (χ0v) is 19.6. The minimum atomic E-state index is -3.76. The van der Waals surface area contributed by atoms with Crippen LogP contribution in [0.3, 0.4) is 0 Å². The summed E-state index contributed by atoms with van der Waals surface area (Å²) in [5.41, 5.74) is 3.97. The Kier molecular flexibility index (Phi) is 7.11. The Labute approximate surface area is 195 Å². The SMILES string of the molecule is Cc1ccc(C(=O)NCc2ccc(N3CCCC3)cc2)cc1S(=O)(=O)NCc1ccccc1. The Hall–Kier alpha value is -3.16. The van der Waals surface area contributed by atoms with Gasteiger partial charge in [0, 0.05) is 37.4 Å². The average molecular weight is 464 g/mol. The first-order valence-corrected chi connectivity index (χ1v) is 12.7. The maximum Gasteiger partial charge on any atom is 0.251 e. The number of hydrogen-bond donors (Lipinski definition) is 2. The highest BCUT2D eigenvalue weighted by molar-refractivity contribution is 7.89. The second-order valence-electron chi connectivity index (χ2n) is 8.33. The quantitative estimate of drug-likeness (QED) is 0.529. The molecule has 4 rings (SSSR count). The molecule has 7 heteroatoms. The van der Waals surface area contributed by atoms with Gasteiger partial charge in [-0.05, 0) is 60.7 Å². The van der Waals surface area contributed by atoms with Gasteiger partial charge in [-0.2, -0.15) is 0 Å². The number of carbonyl (C=O) groups excluding carboxylic acids is 1.